The van der Waals surface area contributed by atoms with Crippen molar-refractivity contribution in [3.63, 3.8) is 0 Å². The number of hydrogen-bond acceptors (Lipinski definition) is 7. The number of fused-ring (bicyclic) bond motifs is 1. The number of hydrogen-bond donors (Lipinski definition) is 1. The number of aliphatic carboxylic acids is 1. The molecule has 5 rings (SSSR count). The zero-order chi connectivity index (χ0) is 26.5. The summed E-state index contributed by atoms with van der Waals surface area (Å²) in [4.78, 5) is 11.7. The van der Waals surface area contributed by atoms with E-state index in [0.717, 1.165) is 64.5 Å². The first-order valence-corrected chi connectivity index (χ1v) is 13.5. The lowest BCUT2D eigenvalue weighted by Gasteiger charge is -2.26. The molecule has 3 aromatic rings. The summed E-state index contributed by atoms with van der Waals surface area (Å²) in [5.41, 5.74) is 4.41. The molecule has 1 fully saturated rings. The summed E-state index contributed by atoms with van der Waals surface area (Å²) >= 11 is 0. The van der Waals surface area contributed by atoms with E-state index in [9.17, 15) is 9.90 Å². The molecule has 2 aliphatic rings. The third-order valence-electron chi connectivity index (χ3n) is 7.20. The largest absolute Gasteiger partial charge is 0.496 e. The highest BCUT2D eigenvalue weighted by Crippen LogP contribution is 2.44. The fraction of sp³-hybridized carbons (Fsp3) is 0.467. The van der Waals surface area contributed by atoms with E-state index >= 15 is 0 Å². The van der Waals surface area contributed by atoms with E-state index < -0.39 is 11.9 Å². The Hall–Kier alpha value is -3.68. The lowest BCUT2D eigenvalue weighted by Crippen LogP contribution is -2.22. The highest BCUT2D eigenvalue weighted by molar-refractivity contribution is 5.78. The van der Waals surface area contributed by atoms with Crippen molar-refractivity contribution >= 4 is 5.97 Å². The van der Waals surface area contributed by atoms with Crippen LogP contribution in [0.1, 0.15) is 61.6 Å². The second-order valence-electron chi connectivity index (χ2n) is 9.94. The maximum Gasteiger partial charge on any atom is 0.311 e. The van der Waals surface area contributed by atoms with Crippen LogP contribution in [0.3, 0.4) is 0 Å². The van der Waals surface area contributed by atoms with Gasteiger partial charge in [0, 0.05) is 34.7 Å². The molecular weight excluding hydrogens is 486 g/mol. The number of benzene rings is 2. The van der Waals surface area contributed by atoms with Gasteiger partial charge in [-0.2, -0.15) is 0 Å². The summed E-state index contributed by atoms with van der Waals surface area (Å²) in [6, 6.07) is 9.51. The van der Waals surface area contributed by atoms with Crippen molar-refractivity contribution in [1.82, 2.24) is 5.16 Å². The number of carbonyl (C=O) groups is 1. The van der Waals surface area contributed by atoms with Crippen LogP contribution in [-0.2, 0) is 17.6 Å². The van der Waals surface area contributed by atoms with Crippen LogP contribution < -0.4 is 18.9 Å². The number of ether oxygens (including phenoxy) is 4. The lowest BCUT2D eigenvalue weighted by molar-refractivity contribution is -0.139. The summed E-state index contributed by atoms with van der Waals surface area (Å²) in [6.45, 7) is 3.47. The van der Waals surface area contributed by atoms with Crippen molar-refractivity contribution in [2.24, 2.45) is 5.92 Å². The molecule has 8 heteroatoms. The molecule has 0 radical (unpaired) electrons. The van der Waals surface area contributed by atoms with Crippen molar-refractivity contribution in [1.29, 1.82) is 0 Å². The van der Waals surface area contributed by atoms with Crippen LogP contribution in [0.2, 0.25) is 0 Å². The van der Waals surface area contributed by atoms with E-state index in [4.69, 9.17) is 23.5 Å². The Labute approximate surface area is 222 Å². The molecule has 202 valence electrons. The molecule has 1 saturated carbocycles. The fourth-order valence-corrected chi connectivity index (χ4v) is 5.14. The second kappa shape index (κ2) is 11.8. The summed E-state index contributed by atoms with van der Waals surface area (Å²) in [6.07, 6.45) is 7.77. The van der Waals surface area contributed by atoms with E-state index in [1.165, 1.54) is 12.8 Å². The Balaban J connectivity index is 1.25. The molecule has 38 heavy (non-hydrogen) atoms. The molecule has 1 aromatic heterocycles. The van der Waals surface area contributed by atoms with Crippen molar-refractivity contribution in [2.45, 2.75) is 57.8 Å². The van der Waals surface area contributed by atoms with Crippen LogP contribution in [-0.4, -0.2) is 43.2 Å². The Kier molecular flexibility index (Phi) is 8.05. The molecule has 0 bridgehead atoms. The van der Waals surface area contributed by atoms with Crippen molar-refractivity contribution < 1.29 is 33.4 Å². The van der Waals surface area contributed by atoms with Gasteiger partial charge in [-0.3, -0.25) is 4.79 Å². The minimum Gasteiger partial charge on any atom is -0.496 e. The number of carboxylic acids is 1. The first-order valence-electron chi connectivity index (χ1n) is 13.5. The summed E-state index contributed by atoms with van der Waals surface area (Å²) in [5.74, 6) is 2.37. The Morgan fingerprint density at radius 2 is 1.82 bits per heavy atom. The van der Waals surface area contributed by atoms with E-state index in [1.54, 1.807) is 13.4 Å². The molecule has 0 saturated heterocycles. The van der Waals surface area contributed by atoms with Crippen molar-refractivity contribution in [2.75, 3.05) is 26.9 Å². The number of aromatic nitrogens is 1. The predicted octanol–water partition coefficient (Wildman–Crippen LogP) is 6.05. The molecule has 0 amide bonds. The fourth-order valence-electron chi connectivity index (χ4n) is 5.14. The SMILES string of the molecule is CCCc1c(OCCCOc2ccc(-c3ccon3)c(OC)c2CC2CC2)ccc2c1OCCC2C(=O)O. The molecule has 2 aromatic carbocycles. The Morgan fingerprint density at radius 3 is 2.47 bits per heavy atom. The molecular formula is C30H35NO7. The van der Waals surface area contributed by atoms with Gasteiger partial charge in [-0.05, 0) is 56.2 Å². The average Bonchev–Trinajstić information content (AvgIpc) is 3.58. The van der Waals surface area contributed by atoms with Crippen LogP contribution in [0.25, 0.3) is 11.3 Å². The zero-order valence-electron chi connectivity index (χ0n) is 22.0. The van der Waals surface area contributed by atoms with Crippen LogP contribution in [0, 0.1) is 5.92 Å². The number of methoxy groups -OCH3 is 1. The number of rotatable bonds is 13. The van der Waals surface area contributed by atoms with E-state index in [-0.39, 0.29) is 0 Å². The third-order valence-corrected chi connectivity index (χ3v) is 7.20. The monoisotopic (exact) mass is 521 g/mol. The topological polar surface area (TPSA) is 100 Å². The first kappa shape index (κ1) is 25.9. The summed E-state index contributed by atoms with van der Waals surface area (Å²) in [5, 5.41) is 13.7. The van der Waals surface area contributed by atoms with Gasteiger partial charge in [0.2, 0.25) is 0 Å². The number of nitrogens with zero attached hydrogens (tertiary/aromatic N) is 1. The highest BCUT2D eigenvalue weighted by atomic mass is 16.5. The molecule has 2 heterocycles. The van der Waals surface area contributed by atoms with Crippen LogP contribution >= 0.6 is 0 Å². The standard InChI is InChI=1S/C30H35NO7/c1-3-5-23-26(10-8-20-21(30(32)33)12-16-37-29(20)23)35-14-4-15-36-27-11-9-22(25-13-17-38-31-25)28(34-2)24(27)18-19-6-7-19/h8-11,13,17,19,21H,3-7,12,14-16,18H2,1-2H3,(H,32,33). The molecule has 1 atom stereocenters. The summed E-state index contributed by atoms with van der Waals surface area (Å²) < 4.78 is 29.2. The summed E-state index contributed by atoms with van der Waals surface area (Å²) in [7, 11) is 1.68. The smallest absolute Gasteiger partial charge is 0.311 e. The van der Waals surface area contributed by atoms with Gasteiger partial charge in [0.15, 0.2) is 0 Å². The quantitative estimate of drug-likeness (QED) is 0.271. The molecule has 1 N–H and O–H groups in total. The maximum absolute atomic E-state index is 11.7. The minimum absolute atomic E-state index is 0.403. The molecule has 1 aliphatic carbocycles. The minimum atomic E-state index is -0.811. The van der Waals surface area contributed by atoms with Gasteiger partial charge in [-0.15, -0.1) is 0 Å². The second-order valence-corrected chi connectivity index (χ2v) is 9.94. The average molecular weight is 522 g/mol. The zero-order valence-corrected chi connectivity index (χ0v) is 22.0. The first-order chi connectivity index (χ1) is 18.6. The van der Waals surface area contributed by atoms with Crippen LogP contribution in [0.4, 0.5) is 0 Å². The van der Waals surface area contributed by atoms with E-state index in [2.05, 4.69) is 12.1 Å². The van der Waals surface area contributed by atoms with Crippen molar-refractivity contribution in [3.05, 3.63) is 53.3 Å². The van der Waals surface area contributed by atoms with Gasteiger partial charge in [0.05, 0.1) is 32.8 Å². The molecule has 0 spiro atoms. The van der Waals surface area contributed by atoms with Gasteiger partial charge in [-0.25, -0.2) is 0 Å². The van der Waals surface area contributed by atoms with Gasteiger partial charge >= 0.3 is 5.97 Å². The number of carboxylic acid groups (broad SMARTS) is 1. The van der Waals surface area contributed by atoms with E-state index in [1.807, 2.05) is 30.3 Å². The van der Waals surface area contributed by atoms with Crippen molar-refractivity contribution in [3.8, 4) is 34.3 Å². The van der Waals surface area contributed by atoms with Gasteiger partial charge < -0.3 is 28.6 Å². The highest BCUT2D eigenvalue weighted by Gasteiger charge is 2.30. The van der Waals surface area contributed by atoms with E-state index in [0.29, 0.717) is 44.3 Å². The Morgan fingerprint density at radius 1 is 1.05 bits per heavy atom. The van der Waals surface area contributed by atoms with Gasteiger partial charge in [0.25, 0.3) is 0 Å². The predicted molar refractivity (Wildman–Crippen MR) is 141 cm³/mol. The van der Waals surface area contributed by atoms with Gasteiger partial charge in [0.1, 0.15) is 35.0 Å². The van der Waals surface area contributed by atoms with Crippen LogP contribution in [0.5, 0.6) is 23.0 Å². The molecule has 1 aliphatic heterocycles. The van der Waals surface area contributed by atoms with Gasteiger partial charge in [-0.1, -0.05) is 24.6 Å². The van der Waals surface area contributed by atoms with Crippen LogP contribution in [0.15, 0.2) is 41.1 Å². The molecule has 8 nitrogen and oxygen atoms in total. The normalized spacial score (nSPS) is 16.4. The maximum atomic E-state index is 11.7. The third kappa shape index (κ3) is 5.59. The molecule has 1 unspecified atom stereocenters. The lowest BCUT2D eigenvalue weighted by atomic mass is 9.90. The Bertz CT molecular complexity index is 1250.